The number of carbonyl (C=O) groups excluding carboxylic acids is 2. The molecule has 0 aromatic heterocycles. The van der Waals surface area contributed by atoms with Gasteiger partial charge in [-0.25, -0.2) is 4.90 Å². The number of amides is 2. The second-order valence-electron chi connectivity index (χ2n) is 7.97. The molecule has 3 aromatic rings. The van der Waals surface area contributed by atoms with Crippen LogP contribution in [0, 0.1) is 13.8 Å². The van der Waals surface area contributed by atoms with Crippen LogP contribution in [0.15, 0.2) is 78.5 Å². The predicted molar refractivity (Wildman–Crippen MR) is 126 cm³/mol. The quantitative estimate of drug-likeness (QED) is 0.615. The lowest BCUT2D eigenvalue weighted by molar-refractivity contribution is -0.120. The molecule has 156 valence electrons. The number of nitrogens with one attached hydrogen (secondary N) is 1. The van der Waals surface area contributed by atoms with E-state index in [2.05, 4.69) is 5.32 Å². The number of hydrogen-bond acceptors (Lipinski definition) is 4. The lowest BCUT2D eigenvalue weighted by atomic mass is 10.0. The van der Waals surface area contributed by atoms with Gasteiger partial charge in [0.15, 0.2) is 0 Å². The molecule has 1 N–H and O–H groups in total. The molecule has 0 atom stereocenters. The molecule has 1 aliphatic heterocycles. The average Bonchev–Trinajstić information content (AvgIpc) is 2.98. The highest BCUT2D eigenvalue weighted by atomic mass is 16.2. The van der Waals surface area contributed by atoms with Gasteiger partial charge in [-0.2, -0.15) is 0 Å². The zero-order chi connectivity index (χ0) is 22.1. The monoisotopic (exact) mass is 411 g/mol. The summed E-state index contributed by atoms with van der Waals surface area (Å²) in [7, 11) is 3.94. The van der Waals surface area contributed by atoms with E-state index in [0.29, 0.717) is 16.8 Å². The second kappa shape index (κ2) is 8.11. The van der Waals surface area contributed by atoms with E-state index in [9.17, 15) is 9.59 Å². The maximum Gasteiger partial charge on any atom is 0.282 e. The highest BCUT2D eigenvalue weighted by molar-refractivity contribution is 6.46. The van der Waals surface area contributed by atoms with Crippen LogP contribution in [0.5, 0.6) is 0 Å². The van der Waals surface area contributed by atoms with Crippen molar-refractivity contribution in [3.05, 3.63) is 95.2 Å². The van der Waals surface area contributed by atoms with Crippen LogP contribution in [-0.2, 0) is 9.59 Å². The summed E-state index contributed by atoms with van der Waals surface area (Å²) < 4.78 is 0. The van der Waals surface area contributed by atoms with Gasteiger partial charge >= 0.3 is 0 Å². The summed E-state index contributed by atoms with van der Waals surface area (Å²) in [6.45, 7) is 3.93. The van der Waals surface area contributed by atoms with Crippen molar-refractivity contribution in [2.45, 2.75) is 13.8 Å². The van der Waals surface area contributed by atoms with Crippen molar-refractivity contribution in [1.29, 1.82) is 0 Å². The van der Waals surface area contributed by atoms with E-state index in [4.69, 9.17) is 0 Å². The molecule has 0 fully saturated rings. The zero-order valence-corrected chi connectivity index (χ0v) is 18.1. The molecule has 2 amide bonds. The summed E-state index contributed by atoms with van der Waals surface area (Å²) in [5, 5.41) is 3.21. The lowest BCUT2D eigenvalue weighted by Gasteiger charge is -2.16. The van der Waals surface area contributed by atoms with E-state index < -0.39 is 0 Å². The van der Waals surface area contributed by atoms with Crippen LogP contribution in [0.4, 0.5) is 17.1 Å². The molecule has 1 aliphatic rings. The molecule has 0 bridgehead atoms. The fourth-order valence-corrected chi connectivity index (χ4v) is 3.62. The normalized spacial score (nSPS) is 13.7. The number of nitrogens with zero attached hydrogens (tertiary/aromatic N) is 2. The molecule has 0 saturated heterocycles. The summed E-state index contributed by atoms with van der Waals surface area (Å²) in [6, 6.07) is 22.8. The molecule has 0 aliphatic carbocycles. The number of benzene rings is 3. The van der Waals surface area contributed by atoms with Crippen LogP contribution < -0.4 is 15.1 Å². The molecule has 5 heteroatoms. The minimum atomic E-state index is -0.358. The molecule has 1 heterocycles. The molecule has 0 radical (unpaired) electrons. The van der Waals surface area contributed by atoms with Gasteiger partial charge in [0, 0.05) is 25.5 Å². The van der Waals surface area contributed by atoms with Crippen molar-refractivity contribution in [2.24, 2.45) is 0 Å². The Morgan fingerprint density at radius 1 is 0.774 bits per heavy atom. The molecule has 0 saturated carbocycles. The van der Waals surface area contributed by atoms with Gasteiger partial charge in [-0.05, 0) is 61.4 Å². The molecule has 31 heavy (non-hydrogen) atoms. The summed E-state index contributed by atoms with van der Waals surface area (Å²) in [5.74, 6) is -0.685. The third-order valence-corrected chi connectivity index (χ3v) is 5.34. The van der Waals surface area contributed by atoms with E-state index in [-0.39, 0.29) is 17.5 Å². The maximum absolute atomic E-state index is 13.5. The van der Waals surface area contributed by atoms with Crippen molar-refractivity contribution in [3.8, 4) is 0 Å². The van der Waals surface area contributed by atoms with Gasteiger partial charge in [0.25, 0.3) is 11.8 Å². The maximum atomic E-state index is 13.5. The van der Waals surface area contributed by atoms with Crippen LogP contribution >= 0.6 is 0 Å². The Morgan fingerprint density at radius 2 is 1.45 bits per heavy atom. The van der Waals surface area contributed by atoms with Gasteiger partial charge in [0.2, 0.25) is 0 Å². The number of anilines is 3. The Hall–Kier alpha value is -3.86. The number of aryl methyl sites for hydroxylation is 2. The summed E-state index contributed by atoms with van der Waals surface area (Å²) in [5.41, 5.74) is 5.81. The van der Waals surface area contributed by atoms with Crippen LogP contribution in [-0.4, -0.2) is 25.9 Å². The van der Waals surface area contributed by atoms with Gasteiger partial charge in [-0.1, -0.05) is 42.0 Å². The Labute approximate surface area is 182 Å². The van der Waals surface area contributed by atoms with E-state index >= 15 is 0 Å². The summed E-state index contributed by atoms with van der Waals surface area (Å²) in [4.78, 5) is 30.1. The van der Waals surface area contributed by atoms with E-state index in [1.165, 1.54) is 4.90 Å². The standard InChI is InChI=1S/C26H25N3O2/c1-17-8-10-19(11-9-17)23-24(27-20-12-14-21(15-13-20)28(3)4)26(31)29(25(23)30)22-7-5-6-18(2)16-22/h5-16,27H,1-4H3. The molecule has 4 rings (SSSR count). The van der Waals surface area contributed by atoms with Crippen molar-refractivity contribution >= 4 is 34.4 Å². The van der Waals surface area contributed by atoms with Crippen LogP contribution in [0.3, 0.4) is 0 Å². The fourth-order valence-electron chi connectivity index (χ4n) is 3.62. The predicted octanol–water partition coefficient (Wildman–Crippen LogP) is 4.77. The Kier molecular flexibility index (Phi) is 5.34. The minimum absolute atomic E-state index is 0.285. The van der Waals surface area contributed by atoms with E-state index in [1.54, 1.807) is 6.07 Å². The van der Waals surface area contributed by atoms with E-state index in [1.807, 2.05) is 99.6 Å². The third-order valence-electron chi connectivity index (χ3n) is 5.34. The minimum Gasteiger partial charge on any atom is -0.378 e. The molecule has 5 nitrogen and oxygen atoms in total. The van der Waals surface area contributed by atoms with Crippen molar-refractivity contribution in [2.75, 3.05) is 29.2 Å². The molecule has 0 unspecified atom stereocenters. The van der Waals surface area contributed by atoms with Crippen molar-refractivity contribution in [1.82, 2.24) is 0 Å². The van der Waals surface area contributed by atoms with Gasteiger partial charge in [-0.15, -0.1) is 0 Å². The average molecular weight is 412 g/mol. The Balaban J connectivity index is 1.78. The molecular formula is C26H25N3O2. The zero-order valence-electron chi connectivity index (χ0n) is 18.1. The molecular weight excluding hydrogens is 386 g/mol. The van der Waals surface area contributed by atoms with Gasteiger partial charge in [-0.3, -0.25) is 9.59 Å². The molecule has 0 spiro atoms. The Morgan fingerprint density at radius 3 is 2.06 bits per heavy atom. The summed E-state index contributed by atoms with van der Waals surface area (Å²) >= 11 is 0. The lowest BCUT2D eigenvalue weighted by Crippen LogP contribution is -2.32. The van der Waals surface area contributed by atoms with Crippen LogP contribution in [0.1, 0.15) is 16.7 Å². The first-order chi connectivity index (χ1) is 14.8. The van der Waals surface area contributed by atoms with Crippen molar-refractivity contribution in [3.63, 3.8) is 0 Å². The highest BCUT2D eigenvalue weighted by Gasteiger charge is 2.40. The van der Waals surface area contributed by atoms with Crippen LogP contribution in [0.2, 0.25) is 0 Å². The largest absolute Gasteiger partial charge is 0.378 e. The first-order valence-electron chi connectivity index (χ1n) is 10.2. The second-order valence-corrected chi connectivity index (χ2v) is 7.97. The first-order valence-corrected chi connectivity index (χ1v) is 10.2. The molecule has 3 aromatic carbocycles. The number of carbonyl (C=O) groups is 2. The number of hydrogen-bond donors (Lipinski definition) is 1. The van der Waals surface area contributed by atoms with Gasteiger partial charge in [0.1, 0.15) is 5.70 Å². The SMILES string of the molecule is Cc1ccc(C2=C(Nc3ccc(N(C)C)cc3)C(=O)N(c3cccc(C)c3)C2=O)cc1. The third kappa shape index (κ3) is 3.94. The highest BCUT2D eigenvalue weighted by Crippen LogP contribution is 2.34. The van der Waals surface area contributed by atoms with Crippen LogP contribution in [0.25, 0.3) is 5.57 Å². The van der Waals surface area contributed by atoms with Gasteiger partial charge < -0.3 is 10.2 Å². The first kappa shape index (κ1) is 20.4. The van der Waals surface area contributed by atoms with Gasteiger partial charge in [0.05, 0.1) is 11.3 Å². The Bertz CT molecular complexity index is 1180. The van der Waals surface area contributed by atoms with E-state index in [0.717, 1.165) is 22.5 Å². The number of rotatable bonds is 5. The number of imide groups is 1. The van der Waals surface area contributed by atoms with Crippen molar-refractivity contribution < 1.29 is 9.59 Å². The topological polar surface area (TPSA) is 52.7 Å². The summed E-state index contributed by atoms with van der Waals surface area (Å²) in [6.07, 6.45) is 0. The smallest absolute Gasteiger partial charge is 0.282 e. The fraction of sp³-hybridized carbons (Fsp3) is 0.154.